The van der Waals surface area contributed by atoms with Crippen LogP contribution in [0, 0.1) is 11.8 Å². The van der Waals surface area contributed by atoms with Gasteiger partial charge in [-0.05, 0) is 37.8 Å². The lowest BCUT2D eigenvalue weighted by Crippen LogP contribution is -2.38. The van der Waals surface area contributed by atoms with Gasteiger partial charge in [0.1, 0.15) is 0 Å². The van der Waals surface area contributed by atoms with Crippen molar-refractivity contribution in [3.8, 4) is 0 Å². The Morgan fingerprint density at radius 3 is 2.00 bits per heavy atom. The molecule has 0 aliphatic rings. The van der Waals surface area contributed by atoms with Crippen molar-refractivity contribution in [2.45, 2.75) is 58.5 Å². The van der Waals surface area contributed by atoms with Gasteiger partial charge in [-0.2, -0.15) is 0 Å². The van der Waals surface area contributed by atoms with Crippen molar-refractivity contribution in [3.05, 3.63) is 29.8 Å². The summed E-state index contributed by atoms with van der Waals surface area (Å²) >= 11 is 1.27. The second-order valence-corrected chi connectivity index (χ2v) is 8.58. The molecule has 0 bridgehead atoms. The number of carbonyl (C=O) groups excluding carboxylic acids is 3. The first kappa shape index (κ1) is 24.0. The molecule has 0 aromatic heterocycles. The van der Waals surface area contributed by atoms with Crippen molar-refractivity contribution in [3.63, 3.8) is 0 Å². The fourth-order valence-corrected chi connectivity index (χ4v) is 2.89. The van der Waals surface area contributed by atoms with Crippen molar-refractivity contribution in [2.75, 3.05) is 12.4 Å². The Morgan fingerprint density at radius 1 is 0.893 bits per heavy atom. The summed E-state index contributed by atoms with van der Waals surface area (Å²) in [6, 6.07) is 7.00. The summed E-state index contributed by atoms with van der Waals surface area (Å²) in [5.41, 5.74) is 0.349. The van der Waals surface area contributed by atoms with Gasteiger partial charge in [-0.3, -0.25) is 9.59 Å². The van der Waals surface area contributed by atoms with Crippen molar-refractivity contribution in [2.24, 2.45) is 11.8 Å². The van der Waals surface area contributed by atoms with Crippen LogP contribution in [0.15, 0.2) is 29.2 Å². The third-order valence-corrected chi connectivity index (χ3v) is 5.65. The molecule has 0 heterocycles. The second kappa shape index (κ2) is 11.7. The van der Waals surface area contributed by atoms with Gasteiger partial charge in [0.15, 0.2) is 6.61 Å². The lowest BCUT2D eigenvalue weighted by atomic mass is 10.1. The van der Waals surface area contributed by atoms with E-state index in [1.807, 2.05) is 41.5 Å². The lowest BCUT2D eigenvalue weighted by Gasteiger charge is -2.18. The Bertz CT molecular complexity index is 676. The van der Waals surface area contributed by atoms with Gasteiger partial charge in [0.2, 0.25) is 5.91 Å². The normalized spacial score (nSPS) is 13.1. The molecule has 0 fully saturated rings. The lowest BCUT2D eigenvalue weighted by molar-refractivity contribution is -0.125. The van der Waals surface area contributed by atoms with E-state index in [0.29, 0.717) is 22.3 Å². The first-order valence-electron chi connectivity index (χ1n) is 9.59. The molecule has 7 heteroatoms. The minimum Gasteiger partial charge on any atom is -0.452 e. The Labute approximate surface area is 172 Å². The van der Waals surface area contributed by atoms with Crippen LogP contribution in [-0.2, 0) is 14.3 Å². The Kier molecular flexibility index (Phi) is 10.1. The number of ether oxygens (including phenoxy) is 1. The predicted molar refractivity (Wildman–Crippen MR) is 112 cm³/mol. The molecule has 2 amide bonds. The summed E-state index contributed by atoms with van der Waals surface area (Å²) in [4.78, 5) is 37.0. The molecular weight excluding hydrogens is 376 g/mol. The fraction of sp³-hybridized carbons (Fsp3) is 0.571. The highest BCUT2D eigenvalue weighted by Crippen LogP contribution is 2.23. The van der Waals surface area contributed by atoms with Crippen LogP contribution >= 0.6 is 11.8 Å². The van der Waals surface area contributed by atoms with Crippen LogP contribution in [0.5, 0.6) is 0 Å². The van der Waals surface area contributed by atoms with Crippen molar-refractivity contribution in [1.82, 2.24) is 10.6 Å². The minimum atomic E-state index is -0.577. The largest absolute Gasteiger partial charge is 0.452 e. The number of amides is 2. The molecule has 1 rings (SSSR count). The van der Waals surface area contributed by atoms with Gasteiger partial charge in [-0.25, -0.2) is 4.79 Å². The van der Waals surface area contributed by atoms with E-state index in [2.05, 4.69) is 10.6 Å². The standard InChI is InChI=1S/C21H32N2O4S/c1-13(2)15(5)22-19(24)11-27-21(26)17-9-7-8-10-18(17)28-12-20(25)23-16(6)14(3)4/h7-10,13-16H,11-12H2,1-6H3,(H,22,24)(H,23,25)/t15-,16-/m1/s1. The summed E-state index contributed by atoms with van der Waals surface area (Å²) in [6.45, 7) is 11.6. The third kappa shape index (κ3) is 8.33. The molecule has 0 radical (unpaired) electrons. The first-order valence-corrected chi connectivity index (χ1v) is 10.6. The maximum Gasteiger partial charge on any atom is 0.339 e. The molecule has 28 heavy (non-hydrogen) atoms. The zero-order valence-corrected chi connectivity index (χ0v) is 18.4. The third-order valence-electron chi connectivity index (χ3n) is 4.58. The summed E-state index contributed by atoms with van der Waals surface area (Å²) < 4.78 is 5.15. The van der Waals surface area contributed by atoms with E-state index < -0.39 is 5.97 Å². The molecule has 0 saturated heterocycles. The number of hydrogen-bond acceptors (Lipinski definition) is 5. The number of thioether (sulfide) groups is 1. The Balaban J connectivity index is 2.61. The molecule has 0 unspecified atom stereocenters. The van der Waals surface area contributed by atoms with Gasteiger partial charge < -0.3 is 15.4 Å². The van der Waals surface area contributed by atoms with E-state index in [1.54, 1.807) is 24.3 Å². The number of esters is 1. The van der Waals surface area contributed by atoms with E-state index >= 15 is 0 Å². The molecular formula is C21H32N2O4S. The van der Waals surface area contributed by atoms with E-state index in [9.17, 15) is 14.4 Å². The monoisotopic (exact) mass is 408 g/mol. The van der Waals surface area contributed by atoms with Crippen LogP contribution in [0.1, 0.15) is 51.9 Å². The van der Waals surface area contributed by atoms with E-state index in [0.717, 1.165) is 0 Å². The zero-order chi connectivity index (χ0) is 21.3. The van der Waals surface area contributed by atoms with Crippen molar-refractivity contribution in [1.29, 1.82) is 0 Å². The molecule has 2 atom stereocenters. The van der Waals surface area contributed by atoms with Crippen molar-refractivity contribution < 1.29 is 19.1 Å². The minimum absolute atomic E-state index is 0.000729. The smallest absolute Gasteiger partial charge is 0.339 e. The summed E-state index contributed by atoms with van der Waals surface area (Å²) in [5, 5.41) is 5.73. The highest BCUT2D eigenvalue weighted by atomic mass is 32.2. The van der Waals surface area contributed by atoms with Crippen LogP contribution in [0.2, 0.25) is 0 Å². The molecule has 0 saturated carbocycles. The van der Waals surface area contributed by atoms with Gasteiger partial charge in [0, 0.05) is 17.0 Å². The predicted octanol–water partition coefficient (Wildman–Crippen LogP) is 3.26. The molecule has 0 spiro atoms. The SMILES string of the molecule is CC(C)[C@@H](C)NC(=O)COC(=O)c1ccccc1SCC(=O)N[C@H](C)C(C)C. The highest BCUT2D eigenvalue weighted by molar-refractivity contribution is 8.00. The van der Waals surface area contributed by atoms with Gasteiger partial charge >= 0.3 is 5.97 Å². The van der Waals surface area contributed by atoms with Gasteiger partial charge in [-0.15, -0.1) is 11.8 Å². The fourth-order valence-electron chi connectivity index (χ4n) is 2.04. The Morgan fingerprint density at radius 2 is 1.43 bits per heavy atom. The van der Waals surface area contributed by atoms with E-state index in [1.165, 1.54) is 11.8 Å². The van der Waals surface area contributed by atoms with E-state index in [4.69, 9.17) is 4.74 Å². The number of hydrogen-bond donors (Lipinski definition) is 2. The molecule has 0 aliphatic carbocycles. The maximum absolute atomic E-state index is 12.4. The van der Waals surface area contributed by atoms with E-state index in [-0.39, 0.29) is 36.3 Å². The number of carbonyl (C=O) groups is 3. The highest BCUT2D eigenvalue weighted by Gasteiger charge is 2.17. The van der Waals surface area contributed by atoms with Crippen LogP contribution < -0.4 is 10.6 Å². The molecule has 156 valence electrons. The molecule has 1 aromatic carbocycles. The maximum atomic E-state index is 12.4. The summed E-state index contributed by atoms with van der Waals surface area (Å²) in [6.07, 6.45) is 0. The average Bonchev–Trinajstić information content (AvgIpc) is 2.64. The molecule has 0 aliphatic heterocycles. The topological polar surface area (TPSA) is 84.5 Å². The quantitative estimate of drug-likeness (QED) is 0.459. The number of benzene rings is 1. The molecule has 1 aromatic rings. The van der Waals surface area contributed by atoms with Gasteiger partial charge in [-0.1, -0.05) is 39.8 Å². The molecule has 6 nitrogen and oxygen atoms in total. The van der Waals surface area contributed by atoms with Crippen LogP contribution in [0.4, 0.5) is 0 Å². The van der Waals surface area contributed by atoms with Crippen LogP contribution in [0.25, 0.3) is 0 Å². The zero-order valence-electron chi connectivity index (χ0n) is 17.6. The van der Waals surface area contributed by atoms with Crippen molar-refractivity contribution >= 4 is 29.5 Å². The summed E-state index contributed by atoms with van der Waals surface area (Å²) in [7, 11) is 0. The second-order valence-electron chi connectivity index (χ2n) is 7.56. The average molecular weight is 409 g/mol. The molecule has 2 N–H and O–H groups in total. The first-order chi connectivity index (χ1) is 13.1. The van der Waals surface area contributed by atoms with Crippen LogP contribution in [-0.4, -0.2) is 42.2 Å². The Hall–Kier alpha value is -2.02. The number of rotatable bonds is 10. The number of nitrogens with one attached hydrogen (secondary N) is 2. The van der Waals surface area contributed by atoms with Crippen LogP contribution in [0.3, 0.4) is 0 Å². The van der Waals surface area contributed by atoms with Gasteiger partial charge in [0.05, 0.1) is 11.3 Å². The van der Waals surface area contributed by atoms with Gasteiger partial charge in [0.25, 0.3) is 5.91 Å². The summed E-state index contributed by atoms with van der Waals surface area (Å²) in [5.74, 6) is -0.153.